The zero-order valence-corrected chi connectivity index (χ0v) is 26.1. The van der Waals surface area contributed by atoms with E-state index in [0.717, 1.165) is 73.1 Å². The minimum atomic E-state index is -0.475. The predicted molar refractivity (Wildman–Crippen MR) is 174 cm³/mol. The first kappa shape index (κ1) is 30.5. The summed E-state index contributed by atoms with van der Waals surface area (Å²) in [5.74, 6) is 1.67. The molecule has 0 spiro atoms. The number of ether oxygens (including phenoxy) is 2. The number of piperazine rings is 1. The van der Waals surface area contributed by atoms with Crippen LogP contribution in [-0.2, 0) is 24.4 Å². The number of halogens is 1. The Hall–Kier alpha value is -5.18. The number of carbonyl (C=O) groups excluding carboxylic acids is 1. The Kier molecular flexibility index (Phi) is 8.61. The summed E-state index contributed by atoms with van der Waals surface area (Å²) in [4.78, 5) is 31.6. The van der Waals surface area contributed by atoms with Crippen molar-refractivity contribution in [2.24, 2.45) is 0 Å². The van der Waals surface area contributed by atoms with Gasteiger partial charge in [0.1, 0.15) is 24.1 Å². The summed E-state index contributed by atoms with van der Waals surface area (Å²) in [5.41, 5.74) is 4.66. The molecule has 0 bridgehead atoms. The van der Waals surface area contributed by atoms with Gasteiger partial charge in [0.05, 0.1) is 47.6 Å². The van der Waals surface area contributed by atoms with E-state index in [-0.39, 0.29) is 24.1 Å². The molecular formula is C36H34FN7O3. The first-order valence-corrected chi connectivity index (χ1v) is 15.8. The highest BCUT2D eigenvalue weighted by atomic mass is 19.1. The van der Waals surface area contributed by atoms with Crippen LogP contribution in [-0.4, -0.2) is 69.1 Å². The highest BCUT2D eigenvalue weighted by Crippen LogP contribution is 2.32. The molecule has 1 atom stereocenters. The van der Waals surface area contributed by atoms with Crippen molar-refractivity contribution in [1.82, 2.24) is 24.4 Å². The number of ketones is 1. The number of anilines is 1. The summed E-state index contributed by atoms with van der Waals surface area (Å²) in [5, 5.41) is 8.98. The lowest BCUT2D eigenvalue weighted by Crippen LogP contribution is -2.46. The van der Waals surface area contributed by atoms with E-state index in [4.69, 9.17) is 19.7 Å². The first-order valence-electron chi connectivity index (χ1n) is 15.8. The molecule has 238 valence electrons. The molecule has 5 heterocycles. The Bertz CT molecular complexity index is 1960. The van der Waals surface area contributed by atoms with Crippen LogP contribution in [0.15, 0.2) is 72.9 Å². The Balaban J connectivity index is 1.08. The molecular weight excluding hydrogens is 597 g/mol. The van der Waals surface area contributed by atoms with E-state index in [9.17, 15) is 9.18 Å². The number of rotatable bonds is 10. The summed E-state index contributed by atoms with van der Waals surface area (Å²) in [6.45, 7) is 6.84. The number of hydrogen-bond acceptors (Lipinski definition) is 9. The molecule has 2 saturated heterocycles. The van der Waals surface area contributed by atoms with Gasteiger partial charge in [-0.05, 0) is 55.8 Å². The van der Waals surface area contributed by atoms with Gasteiger partial charge in [0, 0.05) is 61.7 Å². The van der Waals surface area contributed by atoms with Gasteiger partial charge in [-0.2, -0.15) is 10.2 Å². The quantitative estimate of drug-likeness (QED) is 0.187. The lowest BCUT2D eigenvalue weighted by molar-refractivity contribution is -0.0592. The topological polar surface area (TPSA) is 109 Å². The molecule has 7 rings (SSSR count). The van der Waals surface area contributed by atoms with Crippen LogP contribution in [0.5, 0.6) is 5.88 Å². The molecule has 2 aliphatic heterocycles. The van der Waals surface area contributed by atoms with Crippen molar-refractivity contribution in [3.8, 4) is 23.2 Å². The lowest BCUT2D eigenvalue weighted by atomic mass is 10.0. The Morgan fingerprint density at radius 3 is 2.62 bits per heavy atom. The fourth-order valence-corrected chi connectivity index (χ4v) is 6.03. The third-order valence-corrected chi connectivity index (χ3v) is 8.79. The van der Waals surface area contributed by atoms with Crippen molar-refractivity contribution in [2.75, 3.05) is 37.7 Å². The van der Waals surface area contributed by atoms with Crippen molar-refractivity contribution in [2.45, 2.75) is 39.1 Å². The van der Waals surface area contributed by atoms with E-state index in [2.05, 4.69) is 24.3 Å². The number of fused-ring (bicyclic) bond motifs is 1. The number of hydrogen-bond donors (Lipinski definition) is 0. The van der Waals surface area contributed by atoms with Gasteiger partial charge in [0.2, 0.25) is 5.88 Å². The molecule has 2 fully saturated rings. The van der Waals surface area contributed by atoms with E-state index >= 15 is 0 Å². The number of nitriles is 1. The first-order chi connectivity index (χ1) is 22.9. The normalized spacial score (nSPS) is 16.5. The average molecular weight is 632 g/mol. The maximum absolute atomic E-state index is 14.3. The van der Waals surface area contributed by atoms with Crippen molar-refractivity contribution in [3.05, 3.63) is 101 Å². The van der Waals surface area contributed by atoms with E-state index in [1.165, 1.54) is 6.07 Å². The minimum Gasteiger partial charge on any atom is -0.473 e. The molecule has 0 amide bonds. The number of nitrogens with zero attached hydrogens (tertiary/aromatic N) is 7. The molecule has 0 N–H and O–H groups in total. The summed E-state index contributed by atoms with van der Waals surface area (Å²) in [7, 11) is 0. The molecule has 0 aliphatic carbocycles. The molecule has 3 aromatic heterocycles. The SMILES string of the molecule is CC(=O)c1cc(-c2ccccn2)c2nc(CN3CCN(c4cccc(OCc5ccc(C#N)cc5F)n4)CC3)n(C[C@@H]3CCO3)c2c1. The van der Waals surface area contributed by atoms with Gasteiger partial charge in [-0.25, -0.2) is 9.37 Å². The van der Waals surface area contributed by atoms with Gasteiger partial charge in [-0.1, -0.05) is 18.2 Å². The number of benzene rings is 2. The summed E-state index contributed by atoms with van der Waals surface area (Å²) in [6, 6.07) is 21.5. The number of imidazole rings is 1. The van der Waals surface area contributed by atoms with E-state index in [1.807, 2.05) is 48.5 Å². The minimum absolute atomic E-state index is 0.00102. The molecule has 11 heteroatoms. The molecule has 0 radical (unpaired) electrons. The van der Waals surface area contributed by atoms with Crippen LogP contribution in [0.1, 0.15) is 40.7 Å². The van der Waals surface area contributed by atoms with E-state index < -0.39 is 5.82 Å². The summed E-state index contributed by atoms with van der Waals surface area (Å²) in [6.07, 6.45) is 2.87. The van der Waals surface area contributed by atoms with Crippen molar-refractivity contribution >= 4 is 22.6 Å². The fraction of sp³-hybridized carbons (Fsp3) is 0.306. The van der Waals surface area contributed by atoms with Gasteiger partial charge in [0.15, 0.2) is 5.78 Å². The largest absolute Gasteiger partial charge is 0.473 e. The lowest BCUT2D eigenvalue weighted by Gasteiger charge is -2.35. The van der Waals surface area contributed by atoms with Crippen LogP contribution >= 0.6 is 0 Å². The third-order valence-electron chi connectivity index (χ3n) is 8.79. The second kappa shape index (κ2) is 13.3. The maximum Gasteiger partial charge on any atom is 0.215 e. The molecule has 0 saturated carbocycles. The monoisotopic (exact) mass is 631 g/mol. The van der Waals surface area contributed by atoms with Crippen molar-refractivity contribution in [1.29, 1.82) is 5.26 Å². The van der Waals surface area contributed by atoms with Crippen LogP contribution in [0, 0.1) is 17.1 Å². The van der Waals surface area contributed by atoms with Crippen molar-refractivity contribution < 1.29 is 18.7 Å². The van der Waals surface area contributed by atoms with Gasteiger partial charge in [-0.3, -0.25) is 14.7 Å². The zero-order valence-electron chi connectivity index (χ0n) is 26.1. The van der Waals surface area contributed by atoms with Gasteiger partial charge in [-0.15, -0.1) is 0 Å². The predicted octanol–water partition coefficient (Wildman–Crippen LogP) is 5.40. The molecule has 5 aromatic rings. The summed E-state index contributed by atoms with van der Waals surface area (Å²) < 4.78 is 28.2. The van der Waals surface area contributed by atoms with Gasteiger partial charge in [0.25, 0.3) is 0 Å². The highest BCUT2D eigenvalue weighted by Gasteiger charge is 2.26. The molecule has 10 nitrogen and oxygen atoms in total. The van der Waals surface area contributed by atoms with Gasteiger partial charge >= 0.3 is 0 Å². The van der Waals surface area contributed by atoms with Crippen LogP contribution in [0.2, 0.25) is 0 Å². The number of aromatic nitrogens is 4. The smallest absolute Gasteiger partial charge is 0.215 e. The maximum atomic E-state index is 14.3. The Morgan fingerprint density at radius 1 is 1.06 bits per heavy atom. The highest BCUT2D eigenvalue weighted by molar-refractivity contribution is 6.02. The van der Waals surface area contributed by atoms with E-state index in [0.29, 0.717) is 30.1 Å². The fourth-order valence-electron chi connectivity index (χ4n) is 6.03. The number of carbonyl (C=O) groups is 1. The number of Topliss-reactive ketones (excluding diaryl/α,β-unsaturated/α-hetero) is 1. The molecule has 2 aromatic carbocycles. The average Bonchev–Trinajstić information content (AvgIpc) is 3.42. The van der Waals surface area contributed by atoms with Crippen LogP contribution < -0.4 is 9.64 Å². The number of pyridine rings is 2. The standard InChI is InChI=1S/C36H34FN7O3/c1-24(45)27-18-29(31-5-2-3-11-39-31)36-32(19-27)44(21-28-10-16-46-28)34(41-36)22-42-12-14-43(15-13-42)33-6-4-7-35(40-33)47-23-26-9-8-25(20-38)17-30(26)37/h2-9,11,17-19,28H,10,12-16,21-23H2,1H3/t28-/m0/s1. The second-order valence-corrected chi connectivity index (χ2v) is 11.9. The molecule has 47 heavy (non-hydrogen) atoms. The van der Waals surface area contributed by atoms with Crippen LogP contribution in [0.3, 0.4) is 0 Å². The van der Waals surface area contributed by atoms with Crippen LogP contribution in [0.4, 0.5) is 10.2 Å². The second-order valence-electron chi connectivity index (χ2n) is 11.9. The van der Waals surface area contributed by atoms with Gasteiger partial charge < -0.3 is 18.9 Å². The molecule has 2 aliphatic rings. The molecule has 0 unspecified atom stereocenters. The Labute approximate surface area is 272 Å². The van der Waals surface area contributed by atoms with E-state index in [1.54, 1.807) is 31.3 Å². The zero-order chi connectivity index (χ0) is 32.3. The Morgan fingerprint density at radius 2 is 1.91 bits per heavy atom. The van der Waals surface area contributed by atoms with Crippen LogP contribution in [0.25, 0.3) is 22.3 Å². The summed E-state index contributed by atoms with van der Waals surface area (Å²) >= 11 is 0. The van der Waals surface area contributed by atoms with Crippen molar-refractivity contribution in [3.63, 3.8) is 0 Å². The third kappa shape index (κ3) is 6.56.